The van der Waals surface area contributed by atoms with Crippen molar-refractivity contribution in [1.82, 2.24) is 9.97 Å². The van der Waals surface area contributed by atoms with Crippen LogP contribution in [0.4, 0.5) is 0 Å². The number of allylic oxidation sites excluding steroid dienone is 2. The number of para-hydroxylation sites is 1. The van der Waals surface area contributed by atoms with E-state index in [1.807, 2.05) is 84.9 Å². The Kier molecular flexibility index (Phi) is 16.2. The SMILES string of the molecule is CCC(CC)C(=O)/C=C(\O)C(C)(CC)CC.Cc1[c-]c(-c2ccc3ccccc3n2)cc(C)c1.[2H]c1nc(-c2[c-]c(C)cc(C)c2)c2ccc(C(C)C)cc2c1[2H].[Ir]. The Hall–Kier alpha value is -4.44. The molecule has 297 valence electrons. The molecule has 6 aromatic rings. The van der Waals surface area contributed by atoms with Gasteiger partial charge in [0, 0.05) is 43.7 Å². The molecule has 0 saturated carbocycles. The Bertz CT molecular complexity index is 2320. The topological polar surface area (TPSA) is 63.1 Å². The van der Waals surface area contributed by atoms with Crippen LogP contribution in [0.3, 0.4) is 0 Å². The van der Waals surface area contributed by atoms with Crippen molar-refractivity contribution in [3.8, 4) is 22.5 Å². The molecule has 0 saturated heterocycles. The minimum Gasteiger partial charge on any atom is -0.512 e. The number of nitrogens with zero attached hydrogens (tertiary/aromatic N) is 2. The largest absolute Gasteiger partial charge is 0.512 e. The Morgan fingerprint density at radius 2 is 1.43 bits per heavy atom. The summed E-state index contributed by atoms with van der Waals surface area (Å²) in [6.07, 6.45) is 4.85. The van der Waals surface area contributed by atoms with Crippen LogP contribution in [0.2, 0.25) is 0 Å². The number of aliphatic hydroxyl groups is 1. The number of rotatable bonds is 10. The molecule has 0 amide bonds. The minimum atomic E-state index is -0.248. The van der Waals surface area contributed by atoms with Crippen molar-refractivity contribution in [3.05, 3.63) is 143 Å². The Labute approximate surface area is 353 Å². The number of fused-ring (bicyclic) bond motifs is 2. The van der Waals surface area contributed by atoms with Gasteiger partial charge in [-0.25, -0.2) is 0 Å². The normalized spacial score (nSPS) is 12.0. The summed E-state index contributed by atoms with van der Waals surface area (Å²) in [5.41, 5.74) is 10.2. The van der Waals surface area contributed by atoms with Crippen LogP contribution in [-0.4, -0.2) is 20.9 Å². The van der Waals surface area contributed by atoms with Gasteiger partial charge in [0.15, 0.2) is 5.78 Å². The smallest absolute Gasteiger partial charge is 0.162 e. The van der Waals surface area contributed by atoms with E-state index in [4.69, 9.17) is 7.73 Å². The maximum absolute atomic E-state index is 11.9. The number of aromatic nitrogens is 2. The number of carbonyl (C=O) groups is 1. The fourth-order valence-electron chi connectivity index (χ4n) is 6.64. The number of hydrogen-bond acceptors (Lipinski definition) is 4. The summed E-state index contributed by atoms with van der Waals surface area (Å²) in [4.78, 5) is 20.9. The van der Waals surface area contributed by atoms with Crippen molar-refractivity contribution < 1.29 is 32.7 Å². The number of ketones is 1. The molecule has 0 bridgehead atoms. The van der Waals surface area contributed by atoms with Gasteiger partial charge in [-0.3, -0.25) is 9.78 Å². The van der Waals surface area contributed by atoms with Crippen LogP contribution in [0.1, 0.15) is 111 Å². The molecular formula is C51H60IrN2O2-2. The number of pyridine rings is 2. The molecule has 0 aliphatic heterocycles. The van der Waals surface area contributed by atoms with E-state index in [1.54, 1.807) is 0 Å². The van der Waals surface area contributed by atoms with Gasteiger partial charge in [-0.15, -0.1) is 69.8 Å². The maximum Gasteiger partial charge on any atom is 0.162 e. The molecule has 0 spiro atoms. The van der Waals surface area contributed by atoms with Crippen LogP contribution in [-0.2, 0) is 24.9 Å². The molecule has 1 radical (unpaired) electrons. The van der Waals surface area contributed by atoms with Gasteiger partial charge in [-0.1, -0.05) is 125 Å². The number of aliphatic hydroxyl groups excluding tert-OH is 1. The molecule has 0 aliphatic rings. The quantitative estimate of drug-likeness (QED) is 0.0845. The van der Waals surface area contributed by atoms with Crippen molar-refractivity contribution in [2.45, 2.75) is 108 Å². The van der Waals surface area contributed by atoms with Crippen molar-refractivity contribution in [3.63, 3.8) is 0 Å². The molecule has 6 rings (SSSR count). The molecule has 4 aromatic carbocycles. The predicted molar refractivity (Wildman–Crippen MR) is 234 cm³/mol. The van der Waals surface area contributed by atoms with Crippen LogP contribution >= 0.6 is 0 Å². The molecule has 4 nitrogen and oxygen atoms in total. The summed E-state index contributed by atoms with van der Waals surface area (Å²) in [7, 11) is 0. The third-order valence-electron chi connectivity index (χ3n) is 10.6. The van der Waals surface area contributed by atoms with E-state index in [0.717, 1.165) is 81.2 Å². The molecule has 56 heavy (non-hydrogen) atoms. The fourth-order valence-corrected chi connectivity index (χ4v) is 6.64. The zero-order valence-corrected chi connectivity index (χ0v) is 37.5. The van der Waals surface area contributed by atoms with Crippen molar-refractivity contribution in [2.24, 2.45) is 11.3 Å². The molecule has 0 unspecified atom stereocenters. The van der Waals surface area contributed by atoms with Gasteiger partial charge < -0.3 is 10.1 Å². The molecule has 0 atom stereocenters. The number of benzene rings is 4. The number of carbonyl (C=O) groups excluding carboxylic acids is 1. The maximum atomic E-state index is 11.9. The van der Waals surface area contributed by atoms with E-state index < -0.39 is 0 Å². The second-order valence-corrected chi connectivity index (χ2v) is 15.3. The van der Waals surface area contributed by atoms with Gasteiger partial charge in [0.05, 0.1) is 8.26 Å². The third-order valence-corrected chi connectivity index (χ3v) is 10.6. The molecule has 1 N–H and O–H groups in total. The van der Waals surface area contributed by atoms with Crippen molar-refractivity contribution >= 4 is 27.5 Å². The molecule has 2 heterocycles. The second kappa shape index (κ2) is 21.2. The van der Waals surface area contributed by atoms with Gasteiger partial charge in [-0.05, 0) is 76.8 Å². The van der Waals surface area contributed by atoms with E-state index in [0.29, 0.717) is 5.92 Å². The minimum absolute atomic E-state index is 0. The molecule has 0 aliphatic carbocycles. The van der Waals surface area contributed by atoms with E-state index in [9.17, 15) is 9.90 Å². The van der Waals surface area contributed by atoms with Crippen molar-refractivity contribution in [1.29, 1.82) is 0 Å². The second-order valence-electron chi connectivity index (χ2n) is 15.3. The van der Waals surface area contributed by atoms with Crippen LogP contribution < -0.4 is 0 Å². The van der Waals surface area contributed by atoms with Crippen LogP contribution in [0.15, 0.2) is 103 Å². The summed E-state index contributed by atoms with van der Waals surface area (Å²) < 4.78 is 16.3. The summed E-state index contributed by atoms with van der Waals surface area (Å²) in [5.74, 6) is 0.752. The molecule has 0 fully saturated rings. The van der Waals surface area contributed by atoms with E-state index in [1.165, 1.54) is 22.6 Å². The first kappa shape index (κ1) is 42.7. The first-order valence-corrected chi connectivity index (χ1v) is 19.8. The average molecular weight is 927 g/mol. The first-order chi connectivity index (χ1) is 27.0. The van der Waals surface area contributed by atoms with Crippen LogP contribution in [0.5, 0.6) is 0 Å². The van der Waals surface area contributed by atoms with Crippen LogP contribution in [0.25, 0.3) is 44.2 Å². The zero-order valence-electron chi connectivity index (χ0n) is 37.1. The fraction of sp³-hybridized carbons (Fsp3) is 0.353. The van der Waals surface area contributed by atoms with Gasteiger partial charge >= 0.3 is 0 Å². The third kappa shape index (κ3) is 12.0. The standard InChI is InChI=1S/C20H20N.C17H14N.C14H26O2.Ir/c1-13(2)16-5-6-19-17(12-16)7-8-21-20(19)18-10-14(3)9-15(4)11-18;1-12-9-13(2)11-15(10-12)17-8-7-14-5-3-4-6-16(14)18-17;1-6-11(7-2)12(15)10-13(16)14(5,8-3)9-4;/h5-10,12-13H,1-4H3;3-10H,1-2H3;10-11,16H,6-9H2,1-5H3;/q2*-1;;/b;;13-10-;/i7D,8D;;;. The monoisotopic (exact) mass is 927 g/mol. The molecular weight excluding hydrogens is 865 g/mol. The van der Waals surface area contributed by atoms with E-state index in [-0.39, 0.29) is 55.2 Å². The van der Waals surface area contributed by atoms with E-state index >= 15 is 0 Å². The van der Waals surface area contributed by atoms with Gasteiger partial charge in [0.2, 0.25) is 0 Å². The first-order valence-electron chi connectivity index (χ1n) is 20.8. The summed E-state index contributed by atoms with van der Waals surface area (Å²) in [6.45, 7) is 22.6. The van der Waals surface area contributed by atoms with Crippen LogP contribution in [0, 0.1) is 51.2 Å². The molecule has 2 aromatic heterocycles. The Morgan fingerprint density at radius 3 is 2.02 bits per heavy atom. The number of hydrogen-bond donors (Lipinski definition) is 1. The molecule has 5 heteroatoms. The van der Waals surface area contributed by atoms with Gasteiger partial charge in [-0.2, -0.15) is 0 Å². The van der Waals surface area contributed by atoms with E-state index in [2.05, 4.69) is 87.3 Å². The van der Waals surface area contributed by atoms with Gasteiger partial charge in [0.1, 0.15) is 5.76 Å². The summed E-state index contributed by atoms with van der Waals surface area (Å²) >= 11 is 0. The Balaban J connectivity index is 0.000000236. The zero-order chi connectivity index (χ0) is 42.0. The predicted octanol–water partition coefficient (Wildman–Crippen LogP) is 14.0. The van der Waals surface area contributed by atoms with Crippen molar-refractivity contribution in [2.75, 3.05) is 0 Å². The number of aryl methyl sites for hydroxylation is 4. The summed E-state index contributed by atoms with van der Waals surface area (Å²) in [6, 6.07) is 33.7. The average Bonchev–Trinajstić information content (AvgIpc) is 3.18. The van der Waals surface area contributed by atoms with Gasteiger partial charge in [0.25, 0.3) is 0 Å². The summed E-state index contributed by atoms with van der Waals surface area (Å²) in [5, 5.41) is 12.9. The Morgan fingerprint density at radius 1 is 0.821 bits per heavy atom.